The third-order valence-electron chi connectivity index (χ3n) is 4.56. The monoisotopic (exact) mass is 309 g/mol. The fraction of sp³-hybridized carbons (Fsp3) is 0.368. The number of fused-ring (bicyclic) bond motifs is 1. The van der Waals surface area contributed by atoms with Crippen molar-refractivity contribution in [3.8, 4) is 11.3 Å². The van der Waals surface area contributed by atoms with E-state index in [0.29, 0.717) is 6.54 Å². The molecule has 0 amide bonds. The van der Waals surface area contributed by atoms with Crippen LogP contribution in [-0.4, -0.2) is 10.4 Å². The Morgan fingerprint density at radius 1 is 1.17 bits per heavy atom. The molecule has 0 saturated carbocycles. The van der Waals surface area contributed by atoms with E-state index in [1.54, 1.807) is 10.6 Å². The average molecular weight is 309 g/mol. The van der Waals surface area contributed by atoms with E-state index in [0.717, 1.165) is 30.5 Å². The van der Waals surface area contributed by atoms with E-state index < -0.39 is 0 Å². The van der Waals surface area contributed by atoms with Crippen LogP contribution >= 0.6 is 0 Å². The molecule has 0 bridgehead atoms. The number of amidine groups is 1. The lowest BCUT2D eigenvalue weighted by Gasteiger charge is -2.19. The van der Waals surface area contributed by atoms with Gasteiger partial charge in [-0.25, -0.2) is 0 Å². The number of benzene rings is 1. The van der Waals surface area contributed by atoms with E-state index in [-0.39, 0.29) is 17.0 Å². The number of nitrogens with zero attached hydrogens (tertiary/aromatic N) is 1. The molecule has 120 valence electrons. The molecular weight excluding hydrogens is 286 g/mol. The zero-order valence-corrected chi connectivity index (χ0v) is 13.6. The highest BCUT2D eigenvalue weighted by Crippen LogP contribution is 2.27. The number of aryl methyl sites for hydroxylation is 2. The SMILES string of the molecule is CCCn1c(-c2ccc3c(c2)CCCC3)ccc(C(=N)N)c1=O. The zero-order valence-electron chi connectivity index (χ0n) is 13.6. The van der Waals surface area contributed by atoms with E-state index in [9.17, 15) is 4.79 Å². The highest BCUT2D eigenvalue weighted by atomic mass is 16.1. The first kappa shape index (κ1) is 15.5. The van der Waals surface area contributed by atoms with Crippen LogP contribution in [0.25, 0.3) is 11.3 Å². The van der Waals surface area contributed by atoms with Crippen molar-refractivity contribution in [3.63, 3.8) is 0 Å². The van der Waals surface area contributed by atoms with Crippen LogP contribution < -0.4 is 11.3 Å². The average Bonchev–Trinajstić information content (AvgIpc) is 2.56. The number of pyridine rings is 1. The van der Waals surface area contributed by atoms with Crippen LogP contribution in [0.15, 0.2) is 35.1 Å². The van der Waals surface area contributed by atoms with Gasteiger partial charge in [-0.05, 0) is 67.0 Å². The first-order valence-corrected chi connectivity index (χ1v) is 8.32. The highest BCUT2D eigenvalue weighted by molar-refractivity contribution is 5.94. The summed E-state index contributed by atoms with van der Waals surface area (Å²) in [6, 6.07) is 10.1. The molecule has 3 rings (SSSR count). The summed E-state index contributed by atoms with van der Waals surface area (Å²) >= 11 is 0. The minimum atomic E-state index is -0.172. The van der Waals surface area contributed by atoms with E-state index in [1.165, 1.54) is 24.0 Å². The molecule has 23 heavy (non-hydrogen) atoms. The van der Waals surface area contributed by atoms with Crippen molar-refractivity contribution < 1.29 is 0 Å². The third kappa shape index (κ3) is 2.93. The molecule has 0 saturated heterocycles. The van der Waals surface area contributed by atoms with E-state index in [4.69, 9.17) is 11.1 Å². The van der Waals surface area contributed by atoms with Gasteiger partial charge in [0.2, 0.25) is 0 Å². The highest BCUT2D eigenvalue weighted by Gasteiger charge is 2.14. The summed E-state index contributed by atoms with van der Waals surface area (Å²) in [7, 11) is 0. The van der Waals surface area contributed by atoms with Crippen molar-refractivity contribution in [3.05, 3.63) is 57.4 Å². The standard InChI is InChI=1S/C19H23N3O/c1-2-11-22-17(10-9-16(18(20)21)19(22)23)15-8-7-13-5-3-4-6-14(13)12-15/h7-10,12H,2-6,11H2,1H3,(H3,20,21). The fourth-order valence-electron chi connectivity index (χ4n) is 3.37. The van der Waals surface area contributed by atoms with Crippen LogP contribution in [0.3, 0.4) is 0 Å². The summed E-state index contributed by atoms with van der Waals surface area (Å²) in [5.41, 5.74) is 10.5. The molecule has 0 fully saturated rings. The predicted molar refractivity (Wildman–Crippen MR) is 94.1 cm³/mol. The maximum atomic E-state index is 12.6. The molecule has 1 aromatic carbocycles. The Morgan fingerprint density at radius 3 is 2.61 bits per heavy atom. The van der Waals surface area contributed by atoms with E-state index in [1.807, 2.05) is 13.0 Å². The molecule has 0 aliphatic heterocycles. The van der Waals surface area contributed by atoms with Crippen LogP contribution in [0.5, 0.6) is 0 Å². The largest absolute Gasteiger partial charge is 0.384 e. The number of nitrogen functional groups attached to an aromatic ring is 1. The quantitative estimate of drug-likeness (QED) is 0.673. The van der Waals surface area contributed by atoms with Crippen LogP contribution in [0.4, 0.5) is 0 Å². The van der Waals surface area contributed by atoms with Crippen LogP contribution in [0.2, 0.25) is 0 Å². The van der Waals surface area contributed by atoms with Crippen LogP contribution in [0.1, 0.15) is 42.9 Å². The lowest BCUT2D eigenvalue weighted by atomic mass is 9.90. The number of aromatic nitrogens is 1. The van der Waals surface area contributed by atoms with Gasteiger partial charge in [0, 0.05) is 6.54 Å². The number of hydrogen-bond acceptors (Lipinski definition) is 2. The molecule has 4 heteroatoms. The minimum Gasteiger partial charge on any atom is -0.384 e. The molecule has 1 aliphatic rings. The Morgan fingerprint density at radius 2 is 1.91 bits per heavy atom. The Labute approximate surface area is 136 Å². The van der Waals surface area contributed by atoms with Gasteiger partial charge in [0.05, 0.1) is 11.3 Å². The molecule has 1 aromatic heterocycles. The molecule has 1 heterocycles. The molecule has 4 nitrogen and oxygen atoms in total. The molecule has 0 spiro atoms. The minimum absolute atomic E-state index is 0.170. The Balaban J connectivity index is 2.14. The topological polar surface area (TPSA) is 71.9 Å². The summed E-state index contributed by atoms with van der Waals surface area (Å²) in [6.45, 7) is 2.68. The lowest BCUT2D eigenvalue weighted by molar-refractivity contribution is 0.659. The van der Waals surface area contributed by atoms with Gasteiger partial charge in [0.1, 0.15) is 5.84 Å². The van der Waals surface area contributed by atoms with Gasteiger partial charge in [-0.2, -0.15) is 0 Å². The zero-order chi connectivity index (χ0) is 16.4. The molecule has 1 aliphatic carbocycles. The van der Waals surface area contributed by atoms with Gasteiger partial charge in [-0.1, -0.05) is 19.1 Å². The van der Waals surface area contributed by atoms with Crippen molar-refractivity contribution in [2.45, 2.75) is 45.6 Å². The van der Waals surface area contributed by atoms with E-state index in [2.05, 4.69) is 18.2 Å². The molecule has 3 N–H and O–H groups in total. The summed E-state index contributed by atoms with van der Waals surface area (Å²) in [6.07, 6.45) is 5.63. The second kappa shape index (κ2) is 6.41. The van der Waals surface area contributed by atoms with Gasteiger partial charge in [-0.3, -0.25) is 10.2 Å². The van der Waals surface area contributed by atoms with Crippen molar-refractivity contribution in [1.29, 1.82) is 5.41 Å². The summed E-state index contributed by atoms with van der Waals surface area (Å²) in [5, 5.41) is 7.57. The molecule has 0 atom stereocenters. The summed E-state index contributed by atoms with van der Waals surface area (Å²) < 4.78 is 1.75. The summed E-state index contributed by atoms with van der Waals surface area (Å²) in [4.78, 5) is 12.6. The van der Waals surface area contributed by atoms with E-state index >= 15 is 0 Å². The Hall–Kier alpha value is -2.36. The molecule has 0 radical (unpaired) electrons. The number of hydrogen-bond donors (Lipinski definition) is 2. The predicted octanol–water partition coefficient (Wildman–Crippen LogP) is 3.09. The third-order valence-corrected chi connectivity index (χ3v) is 4.56. The van der Waals surface area contributed by atoms with Gasteiger partial charge < -0.3 is 10.3 Å². The van der Waals surface area contributed by atoms with Crippen LogP contribution in [-0.2, 0) is 19.4 Å². The van der Waals surface area contributed by atoms with Crippen molar-refractivity contribution >= 4 is 5.84 Å². The van der Waals surface area contributed by atoms with Gasteiger partial charge >= 0.3 is 0 Å². The maximum absolute atomic E-state index is 12.6. The second-order valence-electron chi connectivity index (χ2n) is 6.19. The van der Waals surface area contributed by atoms with Gasteiger partial charge in [0.25, 0.3) is 5.56 Å². The first-order chi connectivity index (χ1) is 11.1. The number of rotatable bonds is 4. The number of nitrogens with two attached hydrogens (primary N) is 1. The van der Waals surface area contributed by atoms with Crippen molar-refractivity contribution in [1.82, 2.24) is 4.57 Å². The lowest BCUT2D eigenvalue weighted by Crippen LogP contribution is -2.30. The van der Waals surface area contributed by atoms with Crippen molar-refractivity contribution in [2.75, 3.05) is 0 Å². The fourth-order valence-corrected chi connectivity index (χ4v) is 3.37. The molecule has 2 aromatic rings. The maximum Gasteiger partial charge on any atom is 0.262 e. The summed E-state index contributed by atoms with van der Waals surface area (Å²) in [5.74, 6) is -0.170. The first-order valence-electron chi connectivity index (χ1n) is 8.32. The normalized spacial score (nSPS) is 13.6. The van der Waals surface area contributed by atoms with Crippen LogP contribution in [0, 0.1) is 5.41 Å². The number of nitrogens with one attached hydrogen (secondary N) is 1. The smallest absolute Gasteiger partial charge is 0.262 e. The second-order valence-corrected chi connectivity index (χ2v) is 6.19. The molecular formula is C19H23N3O. The van der Waals surface area contributed by atoms with Gasteiger partial charge in [0.15, 0.2) is 0 Å². The Bertz CT molecular complexity index is 805. The van der Waals surface area contributed by atoms with Crippen molar-refractivity contribution in [2.24, 2.45) is 5.73 Å². The molecule has 0 unspecified atom stereocenters. The van der Waals surface area contributed by atoms with Gasteiger partial charge in [-0.15, -0.1) is 0 Å². The Kier molecular flexibility index (Phi) is 4.33.